The molecule has 1 aliphatic rings. The van der Waals surface area contributed by atoms with Gasteiger partial charge < -0.3 is 9.33 Å². The van der Waals surface area contributed by atoms with Crippen molar-refractivity contribution in [1.82, 2.24) is 0 Å². The van der Waals surface area contributed by atoms with Crippen LogP contribution in [-0.2, 0) is 23.0 Å². The fourth-order valence-corrected chi connectivity index (χ4v) is 6.62. The predicted molar refractivity (Wildman–Crippen MR) is 196 cm³/mol. The molecule has 1 heterocycles. The van der Waals surface area contributed by atoms with Gasteiger partial charge in [-0.25, -0.2) is 4.90 Å². The molecule has 244 valence electrons. The third kappa shape index (κ3) is 7.20. The van der Waals surface area contributed by atoms with Crippen molar-refractivity contribution in [1.29, 1.82) is 0 Å². The van der Waals surface area contributed by atoms with Crippen LogP contribution in [0.1, 0.15) is 89.3 Å². The Morgan fingerprint density at radius 3 is 1.98 bits per heavy atom. The molecule has 0 bridgehead atoms. The monoisotopic (exact) mass is 710 g/mol. The number of hydrogen-bond donors (Lipinski definition) is 0. The van der Waals surface area contributed by atoms with Gasteiger partial charge in [0.1, 0.15) is 0 Å². The molecular formula is C39H43BrN2O4Si. The molecule has 0 atom stereocenters. The highest BCUT2D eigenvalue weighted by Crippen LogP contribution is 2.38. The summed E-state index contributed by atoms with van der Waals surface area (Å²) < 4.78 is 7.19. The maximum Gasteiger partial charge on any atom is 0.266 e. The quantitative estimate of drug-likeness (QED) is 0.135. The van der Waals surface area contributed by atoms with Crippen LogP contribution in [0.2, 0.25) is 18.1 Å². The van der Waals surface area contributed by atoms with Crippen molar-refractivity contribution in [2.45, 2.75) is 78.2 Å². The SMILES string of the molecule is CC(C)(C)c1ccc(CN(C(=O)c2cc(Br)ccc2N2C(=O)c3ccccc3C2=O)c2cccc(CO[Si](C)(C)C(C)(C)C)c2)cc1. The molecule has 0 saturated carbocycles. The fourth-order valence-electron chi connectivity index (χ4n) is 5.30. The van der Waals surface area contributed by atoms with Gasteiger partial charge in [0.25, 0.3) is 17.7 Å². The van der Waals surface area contributed by atoms with Crippen LogP contribution in [0.25, 0.3) is 0 Å². The smallest absolute Gasteiger partial charge is 0.266 e. The van der Waals surface area contributed by atoms with Crippen LogP contribution in [0.15, 0.2) is 95.5 Å². The molecular weight excluding hydrogens is 668 g/mol. The summed E-state index contributed by atoms with van der Waals surface area (Å²) in [5.74, 6) is -1.23. The summed E-state index contributed by atoms with van der Waals surface area (Å²) in [6, 6.07) is 28.0. The second-order valence-corrected chi connectivity index (χ2v) is 20.4. The average molecular weight is 712 g/mol. The molecule has 3 amide bonds. The van der Waals surface area contributed by atoms with Gasteiger partial charge in [-0.3, -0.25) is 14.4 Å². The van der Waals surface area contributed by atoms with Crippen molar-refractivity contribution in [2.75, 3.05) is 9.80 Å². The number of nitrogens with zero attached hydrogens (tertiary/aromatic N) is 2. The van der Waals surface area contributed by atoms with Crippen LogP contribution in [0.5, 0.6) is 0 Å². The van der Waals surface area contributed by atoms with Gasteiger partial charge in [0.2, 0.25) is 0 Å². The Labute approximate surface area is 288 Å². The Hall–Kier alpha value is -3.85. The zero-order valence-corrected chi connectivity index (χ0v) is 31.1. The Kier molecular flexibility index (Phi) is 9.52. The van der Waals surface area contributed by atoms with E-state index in [1.54, 1.807) is 47.4 Å². The van der Waals surface area contributed by atoms with Crippen LogP contribution >= 0.6 is 15.9 Å². The van der Waals surface area contributed by atoms with E-state index in [1.807, 2.05) is 24.3 Å². The van der Waals surface area contributed by atoms with E-state index in [9.17, 15) is 14.4 Å². The summed E-state index contributed by atoms with van der Waals surface area (Å²) in [6.45, 7) is 18.3. The third-order valence-corrected chi connectivity index (χ3v) is 14.2. The Bertz CT molecular complexity index is 1800. The molecule has 0 radical (unpaired) electrons. The van der Waals surface area contributed by atoms with Crippen molar-refractivity contribution >= 4 is 53.3 Å². The molecule has 0 aliphatic carbocycles. The first-order valence-corrected chi connectivity index (χ1v) is 19.6. The second-order valence-electron chi connectivity index (χ2n) is 14.7. The number of halogens is 1. The van der Waals surface area contributed by atoms with Crippen LogP contribution in [0.4, 0.5) is 11.4 Å². The lowest BCUT2D eigenvalue weighted by Crippen LogP contribution is -2.40. The first kappa shape index (κ1) is 34.5. The topological polar surface area (TPSA) is 66.9 Å². The molecule has 8 heteroatoms. The van der Waals surface area contributed by atoms with E-state index >= 15 is 0 Å². The summed E-state index contributed by atoms with van der Waals surface area (Å²) >= 11 is 3.53. The highest BCUT2D eigenvalue weighted by molar-refractivity contribution is 9.10. The van der Waals surface area contributed by atoms with Crippen LogP contribution < -0.4 is 9.80 Å². The molecule has 4 aromatic carbocycles. The van der Waals surface area contributed by atoms with Crippen LogP contribution in [0.3, 0.4) is 0 Å². The van der Waals surface area contributed by atoms with Gasteiger partial charge in [0.05, 0.1) is 35.5 Å². The number of fused-ring (bicyclic) bond motifs is 1. The molecule has 5 rings (SSSR count). The molecule has 0 N–H and O–H groups in total. The van der Waals surface area contributed by atoms with Gasteiger partial charge in [-0.1, -0.05) is 106 Å². The average Bonchev–Trinajstić information content (AvgIpc) is 3.27. The number of rotatable bonds is 8. The summed E-state index contributed by atoms with van der Waals surface area (Å²) in [4.78, 5) is 44.7. The molecule has 0 spiro atoms. The molecule has 0 unspecified atom stereocenters. The van der Waals surface area contributed by atoms with E-state index in [4.69, 9.17) is 4.43 Å². The highest BCUT2D eigenvalue weighted by Gasteiger charge is 2.39. The van der Waals surface area contributed by atoms with E-state index in [0.717, 1.165) is 16.0 Å². The Morgan fingerprint density at radius 2 is 1.40 bits per heavy atom. The summed E-state index contributed by atoms with van der Waals surface area (Å²) in [5, 5.41) is 0.0625. The van der Waals surface area contributed by atoms with Gasteiger partial charge in [0, 0.05) is 10.2 Å². The molecule has 0 fully saturated rings. The lowest BCUT2D eigenvalue weighted by molar-refractivity contribution is 0.0926. The second kappa shape index (κ2) is 13.0. The lowest BCUT2D eigenvalue weighted by atomic mass is 9.87. The maximum atomic E-state index is 14.8. The molecule has 0 saturated heterocycles. The van der Waals surface area contributed by atoms with Gasteiger partial charge in [0.15, 0.2) is 8.32 Å². The van der Waals surface area contributed by atoms with E-state index in [1.165, 1.54) is 5.56 Å². The van der Waals surface area contributed by atoms with Gasteiger partial charge >= 0.3 is 0 Å². The normalized spacial score (nSPS) is 13.6. The number of amides is 3. The first-order valence-electron chi connectivity index (χ1n) is 15.9. The number of hydrogen-bond acceptors (Lipinski definition) is 4. The summed E-state index contributed by atoms with van der Waals surface area (Å²) in [7, 11) is -2.01. The molecule has 1 aliphatic heterocycles. The van der Waals surface area contributed by atoms with E-state index < -0.39 is 20.1 Å². The lowest BCUT2D eigenvalue weighted by Gasteiger charge is -2.36. The molecule has 6 nitrogen and oxygen atoms in total. The number of benzene rings is 4. The van der Waals surface area contributed by atoms with E-state index in [-0.39, 0.29) is 34.2 Å². The predicted octanol–water partition coefficient (Wildman–Crippen LogP) is 9.92. The Balaban J connectivity index is 1.56. The van der Waals surface area contributed by atoms with Crippen molar-refractivity contribution < 1.29 is 18.8 Å². The fraction of sp³-hybridized carbons (Fsp3) is 0.308. The standard InChI is InChI=1S/C39H43BrN2O4Si/c1-38(2,3)28-18-16-26(17-19-28)24-41(30-13-11-12-27(22-30)25-46-47(7,8)39(4,5)6)35(43)33-23-29(40)20-21-34(33)42-36(44)31-14-9-10-15-32(31)37(42)45/h9-23H,24-25H2,1-8H3. The largest absolute Gasteiger partial charge is 0.413 e. The van der Waals surface area contributed by atoms with Gasteiger partial charge in [-0.05, 0) is 82.7 Å². The van der Waals surface area contributed by atoms with Crippen LogP contribution in [-0.4, -0.2) is 26.0 Å². The van der Waals surface area contributed by atoms with Crippen molar-refractivity contribution in [3.63, 3.8) is 0 Å². The van der Waals surface area contributed by atoms with Crippen molar-refractivity contribution in [2.24, 2.45) is 0 Å². The zero-order chi connectivity index (χ0) is 34.3. The third-order valence-electron chi connectivity index (χ3n) is 9.26. The van der Waals surface area contributed by atoms with E-state index in [0.29, 0.717) is 27.9 Å². The minimum atomic E-state index is -2.01. The number of anilines is 2. The maximum absolute atomic E-state index is 14.8. The molecule has 0 aromatic heterocycles. The number of carbonyl (C=O) groups excluding carboxylic acids is 3. The summed E-state index contributed by atoms with van der Waals surface area (Å²) in [6.07, 6.45) is 0. The zero-order valence-electron chi connectivity index (χ0n) is 28.5. The van der Waals surface area contributed by atoms with Crippen molar-refractivity contribution in [3.8, 4) is 0 Å². The number of carbonyl (C=O) groups is 3. The van der Waals surface area contributed by atoms with Crippen molar-refractivity contribution in [3.05, 3.63) is 129 Å². The van der Waals surface area contributed by atoms with E-state index in [2.05, 4.69) is 94.8 Å². The van der Waals surface area contributed by atoms with Crippen LogP contribution in [0, 0.1) is 0 Å². The van der Waals surface area contributed by atoms with Gasteiger partial charge in [-0.2, -0.15) is 0 Å². The Morgan fingerprint density at radius 1 is 0.787 bits per heavy atom. The minimum Gasteiger partial charge on any atom is -0.413 e. The molecule has 47 heavy (non-hydrogen) atoms. The highest BCUT2D eigenvalue weighted by atomic mass is 79.9. The minimum absolute atomic E-state index is 0.00981. The first-order chi connectivity index (χ1) is 22.0. The molecule has 4 aromatic rings. The van der Waals surface area contributed by atoms with Gasteiger partial charge in [-0.15, -0.1) is 0 Å². The summed E-state index contributed by atoms with van der Waals surface area (Å²) in [5.41, 5.74) is 4.92. The number of imide groups is 1.